The standard InChI is InChI=1S/C20H23N3O4/c1-13-5-7-14(8-6-13)15-9-11-16(12-10-15)17(24)23(4)20(2,18(25)21-3)19(26)22-27/h5-12,27H,1-4H3,(H,21,25)(H,22,26). The fourth-order valence-electron chi connectivity index (χ4n) is 2.71. The molecular weight excluding hydrogens is 346 g/mol. The number of hydroxylamine groups is 1. The summed E-state index contributed by atoms with van der Waals surface area (Å²) < 4.78 is 0. The van der Waals surface area contributed by atoms with E-state index in [2.05, 4.69) is 5.32 Å². The lowest BCUT2D eigenvalue weighted by Gasteiger charge is -2.34. The molecule has 27 heavy (non-hydrogen) atoms. The van der Waals surface area contributed by atoms with Crippen molar-refractivity contribution in [2.75, 3.05) is 14.1 Å². The highest BCUT2D eigenvalue weighted by atomic mass is 16.5. The Bertz CT molecular complexity index is 829. The Balaban J connectivity index is 2.31. The molecule has 1 atom stereocenters. The molecule has 0 aliphatic carbocycles. The summed E-state index contributed by atoms with van der Waals surface area (Å²) in [6.45, 7) is 3.27. The van der Waals surface area contributed by atoms with Crippen molar-refractivity contribution in [2.45, 2.75) is 19.4 Å². The maximum atomic E-state index is 12.8. The summed E-state index contributed by atoms with van der Waals surface area (Å²) in [6, 6.07) is 14.9. The summed E-state index contributed by atoms with van der Waals surface area (Å²) >= 11 is 0. The van der Waals surface area contributed by atoms with Crippen LogP contribution in [0.15, 0.2) is 48.5 Å². The molecule has 0 saturated heterocycles. The minimum absolute atomic E-state index is 0.314. The van der Waals surface area contributed by atoms with Crippen LogP contribution in [0.5, 0.6) is 0 Å². The van der Waals surface area contributed by atoms with Crippen LogP contribution in [-0.2, 0) is 9.59 Å². The molecular formula is C20H23N3O4. The van der Waals surface area contributed by atoms with Gasteiger partial charge in [0.2, 0.25) is 0 Å². The zero-order chi connectivity index (χ0) is 20.2. The molecule has 0 heterocycles. The van der Waals surface area contributed by atoms with Crippen molar-refractivity contribution < 1.29 is 19.6 Å². The first-order valence-corrected chi connectivity index (χ1v) is 8.37. The summed E-state index contributed by atoms with van der Waals surface area (Å²) in [5.74, 6) is -2.25. The second-order valence-electron chi connectivity index (χ2n) is 6.40. The van der Waals surface area contributed by atoms with Gasteiger partial charge in [-0.15, -0.1) is 0 Å². The van der Waals surface area contributed by atoms with Crippen LogP contribution >= 0.6 is 0 Å². The van der Waals surface area contributed by atoms with Crippen LogP contribution in [0, 0.1) is 6.92 Å². The second-order valence-corrected chi connectivity index (χ2v) is 6.40. The quantitative estimate of drug-likeness (QED) is 0.425. The lowest BCUT2D eigenvalue weighted by atomic mass is 9.96. The molecule has 2 aromatic carbocycles. The predicted octanol–water partition coefficient (Wildman–Crippen LogP) is 1.74. The molecule has 0 fully saturated rings. The average molecular weight is 369 g/mol. The molecule has 3 amide bonds. The van der Waals surface area contributed by atoms with Gasteiger partial charge in [-0.2, -0.15) is 0 Å². The number of nitrogens with one attached hydrogen (secondary N) is 2. The Labute approximate surface area is 158 Å². The van der Waals surface area contributed by atoms with E-state index in [-0.39, 0.29) is 0 Å². The van der Waals surface area contributed by atoms with E-state index >= 15 is 0 Å². The molecule has 7 nitrogen and oxygen atoms in total. The number of rotatable bonds is 5. The molecule has 0 aromatic heterocycles. The third-order valence-electron chi connectivity index (χ3n) is 4.71. The minimum Gasteiger partial charge on any atom is -0.357 e. The fourth-order valence-corrected chi connectivity index (χ4v) is 2.71. The van der Waals surface area contributed by atoms with E-state index < -0.39 is 23.3 Å². The summed E-state index contributed by atoms with van der Waals surface area (Å²) in [6.07, 6.45) is 0. The molecule has 0 bridgehead atoms. The molecule has 0 spiro atoms. The van der Waals surface area contributed by atoms with Crippen molar-refractivity contribution in [1.29, 1.82) is 0 Å². The van der Waals surface area contributed by atoms with Gasteiger partial charge in [0.05, 0.1) is 0 Å². The molecule has 142 valence electrons. The first-order chi connectivity index (χ1) is 12.7. The van der Waals surface area contributed by atoms with Crippen LogP contribution < -0.4 is 10.8 Å². The van der Waals surface area contributed by atoms with Crippen molar-refractivity contribution in [3.05, 3.63) is 59.7 Å². The van der Waals surface area contributed by atoms with E-state index in [0.29, 0.717) is 5.56 Å². The highest BCUT2D eigenvalue weighted by Crippen LogP contribution is 2.22. The number of likely N-dealkylation sites (N-methyl/N-ethyl adjacent to an activating group) is 2. The van der Waals surface area contributed by atoms with E-state index in [1.54, 1.807) is 24.3 Å². The summed E-state index contributed by atoms with van der Waals surface area (Å²) in [7, 11) is 2.68. The van der Waals surface area contributed by atoms with Gasteiger partial charge in [0.25, 0.3) is 17.7 Å². The average Bonchev–Trinajstić information content (AvgIpc) is 2.71. The van der Waals surface area contributed by atoms with Gasteiger partial charge in [-0.1, -0.05) is 42.0 Å². The van der Waals surface area contributed by atoms with Crippen LogP contribution in [0.3, 0.4) is 0 Å². The Hall–Kier alpha value is -3.19. The number of hydrogen-bond acceptors (Lipinski definition) is 4. The van der Waals surface area contributed by atoms with Gasteiger partial charge in [-0.3, -0.25) is 19.6 Å². The van der Waals surface area contributed by atoms with E-state index in [4.69, 9.17) is 5.21 Å². The first-order valence-electron chi connectivity index (χ1n) is 8.37. The zero-order valence-electron chi connectivity index (χ0n) is 15.7. The summed E-state index contributed by atoms with van der Waals surface area (Å²) in [5, 5.41) is 11.3. The summed E-state index contributed by atoms with van der Waals surface area (Å²) in [5.41, 5.74) is 2.97. The van der Waals surface area contributed by atoms with Crippen molar-refractivity contribution >= 4 is 17.7 Å². The van der Waals surface area contributed by atoms with Crippen LogP contribution in [0.4, 0.5) is 0 Å². The molecule has 0 aliphatic heterocycles. The molecule has 2 aromatic rings. The maximum absolute atomic E-state index is 12.8. The number of amides is 3. The van der Waals surface area contributed by atoms with E-state index in [1.807, 2.05) is 31.2 Å². The van der Waals surface area contributed by atoms with Gasteiger partial charge in [0.1, 0.15) is 0 Å². The number of aryl methyl sites for hydroxylation is 1. The van der Waals surface area contributed by atoms with Crippen LogP contribution in [0.25, 0.3) is 11.1 Å². The SMILES string of the molecule is CNC(=O)C(C)(C(=O)NO)N(C)C(=O)c1ccc(-c2ccc(C)cc2)cc1. The lowest BCUT2D eigenvalue weighted by molar-refractivity contribution is -0.148. The smallest absolute Gasteiger partial charge is 0.278 e. The van der Waals surface area contributed by atoms with Gasteiger partial charge >= 0.3 is 0 Å². The largest absolute Gasteiger partial charge is 0.357 e. The van der Waals surface area contributed by atoms with Gasteiger partial charge in [0.15, 0.2) is 5.54 Å². The first kappa shape index (κ1) is 20.1. The van der Waals surface area contributed by atoms with E-state index in [1.165, 1.54) is 26.5 Å². The minimum atomic E-state index is -1.91. The highest BCUT2D eigenvalue weighted by Gasteiger charge is 2.47. The molecule has 0 radical (unpaired) electrons. The fraction of sp³-hybridized carbons (Fsp3) is 0.250. The van der Waals surface area contributed by atoms with Gasteiger partial charge in [-0.05, 0) is 37.1 Å². The van der Waals surface area contributed by atoms with Gasteiger partial charge < -0.3 is 10.2 Å². The Kier molecular flexibility index (Phi) is 5.97. The predicted molar refractivity (Wildman–Crippen MR) is 101 cm³/mol. The van der Waals surface area contributed by atoms with Crippen molar-refractivity contribution in [3.8, 4) is 11.1 Å². The number of hydrogen-bond donors (Lipinski definition) is 3. The number of benzene rings is 2. The highest BCUT2D eigenvalue weighted by molar-refractivity contribution is 6.12. The van der Waals surface area contributed by atoms with Crippen LogP contribution in [0.1, 0.15) is 22.8 Å². The third-order valence-corrected chi connectivity index (χ3v) is 4.71. The Morgan fingerprint density at radius 1 is 0.926 bits per heavy atom. The Morgan fingerprint density at radius 3 is 1.85 bits per heavy atom. The monoisotopic (exact) mass is 369 g/mol. The normalized spacial score (nSPS) is 12.6. The van der Waals surface area contributed by atoms with Gasteiger partial charge in [-0.25, -0.2) is 5.48 Å². The topological polar surface area (TPSA) is 98.7 Å². The molecule has 3 N–H and O–H groups in total. The number of carbonyl (C=O) groups excluding carboxylic acids is 3. The molecule has 1 unspecified atom stereocenters. The van der Waals surface area contributed by atoms with E-state index in [0.717, 1.165) is 21.6 Å². The lowest BCUT2D eigenvalue weighted by Crippen LogP contribution is -2.64. The molecule has 0 aliphatic rings. The summed E-state index contributed by atoms with van der Waals surface area (Å²) in [4.78, 5) is 38.1. The molecule has 7 heteroatoms. The van der Waals surface area contributed by atoms with Crippen LogP contribution in [0.2, 0.25) is 0 Å². The van der Waals surface area contributed by atoms with Crippen molar-refractivity contribution in [3.63, 3.8) is 0 Å². The zero-order valence-corrected chi connectivity index (χ0v) is 15.7. The van der Waals surface area contributed by atoms with Crippen molar-refractivity contribution in [2.24, 2.45) is 0 Å². The maximum Gasteiger partial charge on any atom is 0.278 e. The molecule has 0 saturated carbocycles. The number of nitrogens with zero attached hydrogens (tertiary/aromatic N) is 1. The third kappa shape index (κ3) is 3.83. The Morgan fingerprint density at radius 2 is 1.41 bits per heavy atom. The van der Waals surface area contributed by atoms with Crippen molar-refractivity contribution in [1.82, 2.24) is 15.7 Å². The van der Waals surface area contributed by atoms with Gasteiger partial charge in [0, 0.05) is 19.7 Å². The second kappa shape index (κ2) is 8.01. The van der Waals surface area contributed by atoms with Crippen LogP contribution in [-0.4, -0.2) is 47.5 Å². The number of carbonyl (C=O) groups is 3. The molecule has 2 rings (SSSR count). The van der Waals surface area contributed by atoms with E-state index in [9.17, 15) is 14.4 Å².